The number of carbonyl (C=O) groups is 2. The first-order chi connectivity index (χ1) is 14.1. The molecule has 2 rings (SSSR count). The van der Waals surface area contributed by atoms with Gasteiger partial charge in [-0.3, -0.25) is 9.69 Å². The molecule has 174 valence electrons. The SMILES string of the molecule is C[C@@H]1C(=O)C[C@@H](c2ccccc2)N(C(=O)OCC(Cl)(Cl)Cl)[C@H]1CO[Si](C)(C)C(C)(C)C. The van der Waals surface area contributed by atoms with Crippen LogP contribution in [0, 0.1) is 5.92 Å². The number of rotatable bonds is 5. The van der Waals surface area contributed by atoms with Gasteiger partial charge in [0.1, 0.15) is 12.4 Å². The van der Waals surface area contributed by atoms with Crippen molar-refractivity contribution in [3.8, 4) is 0 Å². The molecule has 0 saturated carbocycles. The molecule has 0 unspecified atom stereocenters. The number of nitrogens with zero attached hydrogens (tertiary/aromatic N) is 1. The van der Waals surface area contributed by atoms with Crippen LogP contribution in [0.15, 0.2) is 30.3 Å². The van der Waals surface area contributed by atoms with Gasteiger partial charge in [0.05, 0.1) is 18.7 Å². The number of ether oxygens (including phenoxy) is 1. The molecule has 1 aliphatic rings. The third kappa shape index (κ3) is 6.84. The summed E-state index contributed by atoms with van der Waals surface area (Å²) < 4.78 is 10.0. The summed E-state index contributed by atoms with van der Waals surface area (Å²) in [6.45, 7) is 12.4. The molecule has 0 spiro atoms. The minimum Gasteiger partial charge on any atom is -0.445 e. The molecule has 0 aromatic heterocycles. The van der Waals surface area contributed by atoms with Crippen LogP contribution in [-0.2, 0) is 14.0 Å². The molecule has 1 aliphatic heterocycles. The molecule has 5 nitrogen and oxygen atoms in total. The number of ketones is 1. The fraction of sp³-hybridized carbons (Fsp3) is 0.636. The van der Waals surface area contributed by atoms with E-state index in [9.17, 15) is 9.59 Å². The summed E-state index contributed by atoms with van der Waals surface area (Å²) in [5.41, 5.74) is 0.853. The zero-order chi connectivity index (χ0) is 23.6. The predicted molar refractivity (Wildman–Crippen MR) is 128 cm³/mol. The fourth-order valence-electron chi connectivity index (χ4n) is 3.33. The maximum atomic E-state index is 13.2. The lowest BCUT2D eigenvalue weighted by Crippen LogP contribution is -2.56. The predicted octanol–water partition coefficient (Wildman–Crippen LogP) is 6.54. The average molecular weight is 509 g/mol. The lowest BCUT2D eigenvalue weighted by molar-refractivity contribution is -0.131. The Bertz CT molecular complexity index is 777. The van der Waals surface area contributed by atoms with Gasteiger partial charge in [-0.05, 0) is 23.7 Å². The van der Waals surface area contributed by atoms with Crippen molar-refractivity contribution in [2.24, 2.45) is 5.92 Å². The van der Waals surface area contributed by atoms with Crippen LogP contribution >= 0.6 is 34.8 Å². The summed E-state index contributed by atoms with van der Waals surface area (Å²) >= 11 is 17.4. The molecule has 1 fully saturated rings. The molecule has 0 bridgehead atoms. The van der Waals surface area contributed by atoms with E-state index in [4.69, 9.17) is 44.0 Å². The first kappa shape index (κ1) is 26.5. The number of Topliss-reactive ketones (excluding diaryl/α,β-unsaturated/α-hetero) is 1. The Morgan fingerprint density at radius 2 is 1.74 bits per heavy atom. The quantitative estimate of drug-likeness (QED) is 0.335. The van der Waals surface area contributed by atoms with Gasteiger partial charge in [0.2, 0.25) is 3.79 Å². The molecule has 3 atom stereocenters. The molecule has 9 heteroatoms. The van der Waals surface area contributed by atoms with Crippen molar-refractivity contribution in [1.82, 2.24) is 4.90 Å². The number of halogens is 3. The second-order valence-corrected chi connectivity index (χ2v) is 16.9. The maximum Gasteiger partial charge on any atom is 0.410 e. The number of hydrogen-bond acceptors (Lipinski definition) is 4. The van der Waals surface area contributed by atoms with Crippen molar-refractivity contribution in [1.29, 1.82) is 0 Å². The molecule has 1 amide bonds. The average Bonchev–Trinajstić information content (AvgIpc) is 2.66. The van der Waals surface area contributed by atoms with Crippen LogP contribution in [0.2, 0.25) is 18.1 Å². The first-order valence-corrected chi connectivity index (χ1v) is 14.4. The van der Waals surface area contributed by atoms with Crippen molar-refractivity contribution >= 4 is 55.0 Å². The van der Waals surface area contributed by atoms with Crippen molar-refractivity contribution in [2.45, 2.75) is 68.1 Å². The summed E-state index contributed by atoms with van der Waals surface area (Å²) in [4.78, 5) is 27.7. The molecule has 1 heterocycles. The Hall–Kier alpha value is -0.793. The molecule has 1 aromatic rings. The lowest BCUT2D eigenvalue weighted by atomic mass is 9.83. The number of hydrogen-bond donors (Lipinski definition) is 0. The van der Waals surface area contributed by atoms with Crippen LogP contribution in [0.4, 0.5) is 4.79 Å². The fourth-order valence-corrected chi connectivity index (χ4v) is 4.51. The summed E-state index contributed by atoms with van der Waals surface area (Å²) in [6.07, 6.45) is -0.423. The van der Waals surface area contributed by atoms with Gasteiger partial charge in [-0.1, -0.05) is 92.8 Å². The highest BCUT2D eigenvalue weighted by Gasteiger charge is 2.46. The Morgan fingerprint density at radius 1 is 1.16 bits per heavy atom. The summed E-state index contributed by atoms with van der Waals surface area (Å²) in [5.74, 6) is -0.312. The van der Waals surface area contributed by atoms with Crippen LogP contribution in [0.3, 0.4) is 0 Å². The van der Waals surface area contributed by atoms with Crippen molar-refractivity contribution in [2.75, 3.05) is 13.2 Å². The Morgan fingerprint density at radius 3 is 2.26 bits per heavy atom. The highest BCUT2D eigenvalue weighted by Crippen LogP contribution is 2.40. The van der Waals surface area contributed by atoms with Gasteiger partial charge in [-0.25, -0.2) is 4.79 Å². The van der Waals surface area contributed by atoms with E-state index < -0.39 is 36.2 Å². The standard InChI is InChI=1S/C22H32Cl3NO4Si/c1-15-18(13-30-31(5,6)21(2,3)4)26(20(28)29-14-22(23,24)25)17(12-19(15)27)16-10-8-7-9-11-16/h7-11,15,17-18H,12-14H2,1-6H3/t15-,17-,18-/m0/s1. The second-order valence-electron chi connectivity index (χ2n) is 9.60. The van der Waals surface area contributed by atoms with Crippen LogP contribution in [0.25, 0.3) is 0 Å². The maximum absolute atomic E-state index is 13.2. The molecular formula is C22H32Cl3NO4Si. The summed E-state index contributed by atoms with van der Waals surface area (Å²) in [6, 6.07) is 8.49. The van der Waals surface area contributed by atoms with Gasteiger partial charge in [-0.2, -0.15) is 0 Å². The van der Waals surface area contributed by atoms with E-state index in [1.807, 2.05) is 37.3 Å². The Kier molecular flexibility index (Phi) is 8.53. The van der Waals surface area contributed by atoms with Gasteiger partial charge in [-0.15, -0.1) is 0 Å². The van der Waals surface area contributed by atoms with E-state index >= 15 is 0 Å². The third-order valence-electron chi connectivity index (χ3n) is 6.35. The minimum atomic E-state index is -2.11. The number of likely N-dealkylation sites (tertiary alicyclic amines) is 1. The largest absolute Gasteiger partial charge is 0.445 e. The lowest BCUT2D eigenvalue weighted by Gasteiger charge is -2.46. The Balaban J connectivity index is 2.38. The number of benzene rings is 1. The topological polar surface area (TPSA) is 55.8 Å². The van der Waals surface area contributed by atoms with Gasteiger partial charge in [0, 0.05) is 12.3 Å². The van der Waals surface area contributed by atoms with Crippen molar-refractivity contribution in [3.05, 3.63) is 35.9 Å². The van der Waals surface area contributed by atoms with Crippen LogP contribution in [-0.4, -0.2) is 48.1 Å². The van der Waals surface area contributed by atoms with E-state index in [0.29, 0.717) is 0 Å². The molecule has 0 N–H and O–H groups in total. The van der Waals surface area contributed by atoms with Gasteiger partial charge in [0.25, 0.3) is 0 Å². The van der Waals surface area contributed by atoms with Crippen LogP contribution in [0.5, 0.6) is 0 Å². The van der Waals surface area contributed by atoms with E-state index in [0.717, 1.165) is 5.56 Å². The number of alkyl halides is 3. The van der Waals surface area contributed by atoms with Gasteiger partial charge >= 0.3 is 6.09 Å². The number of piperidine rings is 1. The molecule has 31 heavy (non-hydrogen) atoms. The van der Waals surface area contributed by atoms with Crippen LogP contribution < -0.4 is 0 Å². The molecule has 1 aromatic carbocycles. The first-order valence-electron chi connectivity index (χ1n) is 10.4. The second kappa shape index (κ2) is 10.00. The zero-order valence-electron chi connectivity index (χ0n) is 19.0. The van der Waals surface area contributed by atoms with Gasteiger partial charge < -0.3 is 9.16 Å². The van der Waals surface area contributed by atoms with Crippen molar-refractivity contribution < 1.29 is 18.8 Å². The molecule has 0 aliphatic carbocycles. The Labute approximate surface area is 201 Å². The smallest absolute Gasteiger partial charge is 0.410 e. The summed E-state index contributed by atoms with van der Waals surface area (Å²) in [7, 11) is -2.11. The number of amides is 1. The molecule has 1 saturated heterocycles. The molecular weight excluding hydrogens is 477 g/mol. The highest BCUT2D eigenvalue weighted by atomic mass is 35.6. The molecule has 0 radical (unpaired) electrons. The van der Waals surface area contributed by atoms with E-state index in [-0.39, 0.29) is 30.5 Å². The normalized spacial score (nSPS) is 23.1. The van der Waals surface area contributed by atoms with E-state index in [1.54, 1.807) is 4.90 Å². The van der Waals surface area contributed by atoms with E-state index in [2.05, 4.69) is 33.9 Å². The monoisotopic (exact) mass is 507 g/mol. The third-order valence-corrected chi connectivity index (χ3v) is 11.2. The van der Waals surface area contributed by atoms with Crippen molar-refractivity contribution in [3.63, 3.8) is 0 Å². The van der Waals surface area contributed by atoms with E-state index in [1.165, 1.54) is 0 Å². The van der Waals surface area contributed by atoms with Crippen LogP contribution in [0.1, 0.15) is 45.7 Å². The minimum absolute atomic E-state index is 0.00540. The number of carbonyl (C=O) groups excluding carboxylic acids is 2. The van der Waals surface area contributed by atoms with Gasteiger partial charge in [0.15, 0.2) is 8.32 Å². The highest BCUT2D eigenvalue weighted by molar-refractivity contribution is 6.74. The summed E-state index contributed by atoms with van der Waals surface area (Å²) in [5, 5.41) is -0.00540. The zero-order valence-corrected chi connectivity index (χ0v) is 22.2.